The van der Waals surface area contributed by atoms with E-state index < -0.39 is 9.84 Å². The summed E-state index contributed by atoms with van der Waals surface area (Å²) >= 11 is 0. The fourth-order valence-corrected chi connectivity index (χ4v) is 2.83. The summed E-state index contributed by atoms with van der Waals surface area (Å²) in [5.74, 6) is 1.04. The molecule has 0 aliphatic rings. The molecule has 1 N–H and O–H groups in total. The van der Waals surface area contributed by atoms with Crippen LogP contribution < -0.4 is 10.1 Å². The second-order valence-corrected chi connectivity index (χ2v) is 8.19. The van der Waals surface area contributed by atoms with Crippen molar-refractivity contribution >= 4 is 9.84 Å². The van der Waals surface area contributed by atoms with Gasteiger partial charge in [-0.15, -0.1) is 0 Å². The Labute approximate surface area is 128 Å². The number of benzene rings is 1. The van der Waals surface area contributed by atoms with Gasteiger partial charge in [0.05, 0.1) is 12.4 Å². The van der Waals surface area contributed by atoms with E-state index in [1.165, 1.54) is 11.8 Å². The molecule has 0 unspecified atom stereocenters. The normalized spacial score (nSPS) is 11.9. The van der Waals surface area contributed by atoms with E-state index in [2.05, 4.69) is 31.3 Å². The molecule has 0 aliphatic carbocycles. The molecule has 0 bridgehead atoms. The van der Waals surface area contributed by atoms with Crippen LogP contribution in [0.3, 0.4) is 0 Å². The molecule has 0 spiro atoms. The van der Waals surface area contributed by atoms with Crippen LogP contribution in [0.1, 0.15) is 37.0 Å². The van der Waals surface area contributed by atoms with E-state index >= 15 is 0 Å². The van der Waals surface area contributed by atoms with Gasteiger partial charge in [-0.25, -0.2) is 8.42 Å². The van der Waals surface area contributed by atoms with Crippen LogP contribution in [0, 0.1) is 13.8 Å². The minimum Gasteiger partial charge on any atom is -0.493 e. The molecule has 21 heavy (non-hydrogen) atoms. The van der Waals surface area contributed by atoms with Gasteiger partial charge in [0, 0.05) is 18.8 Å². The maximum Gasteiger partial charge on any atom is 0.147 e. The first-order valence-electron chi connectivity index (χ1n) is 7.33. The van der Waals surface area contributed by atoms with Gasteiger partial charge < -0.3 is 10.1 Å². The van der Waals surface area contributed by atoms with Crippen molar-refractivity contribution in [3.63, 3.8) is 0 Å². The molecular formula is C16H27NO3S. The molecule has 0 amide bonds. The first-order chi connectivity index (χ1) is 9.69. The lowest BCUT2D eigenvalue weighted by Crippen LogP contribution is -2.22. The summed E-state index contributed by atoms with van der Waals surface area (Å²) in [4.78, 5) is 0. The summed E-state index contributed by atoms with van der Waals surface area (Å²) in [6.45, 7) is 9.57. The van der Waals surface area contributed by atoms with Gasteiger partial charge in [0.2, 0.25) is 0 Å². The van der Waals surface area contributed by atoms with Crippen LogP contribution in [0.15, 0.2) is 12.1 Å². The lowest BCUT2D eigenvalue weighted by molar-refractivity contribution is 0.313. The number of hydrogen-bond donors (Lipinski definition) is 1. The zero-order chi connectivity index (χ0) is 16.0. The third kappa shape index (κ3) is 6.96. The smallest absolute Gasteiger partial charge is 0.147 e. The Morgan fingerprint density at radius 3 is 2.24 bits per heavy atom. The van der Waals surface area contributed by atoms with Gasteiger partial charge in [-0.1, -0.05) is 26.0 Å². The first-order valence-corrected chi connectivity index (χ1v) is 9.39. The average molecular weight is 313 g/mol. The van der Waals surface area contributed by atoms with E-state index in [0.717, 1.165) is 23.4 Å². The minimum atomic E-state index is -2.91. The summed E-state index contributed by atoms with van der Waals surface area (Å²) in [7, 11) is -2.91. The summed E-state index contributed by atoms with van der Waals surface area (Å²) in [6.07, 6.45) is 1.77. The Morgan fingerprint density at radius 1 is 1.19 bits per heavy atom. The number of sulfone groups is 1. The molecule has 1 aromatic rings. The van der Waals surface area contributed by atoms with E-state index in [9.17, 15) is 8.42 Å². The standard InChI is InChI=1S/C16H27NO3S/c1-12(2)17-11-15-9-13(3)16(14(4)10-15)20-7-6-8-21(5,18)19/h9-10,12,17H,6-8,11H2,1-5H3. The molecule has 0 aliphatic heterocycles. The van der Waals surface area contributed by atoms with Crippen molar-refractivity contribution in [2.45, 2.75) is 46.7 Å². The molecule has 0 radical (unpaired) electrons. The van der Waals surface area contributed by atoms with Gasteiger partial charge in [-0.2, -0.15) is 0 Å². The first kappa shape index (κ1) is 18.0. The highest BCUT2D eigenvalue weighted by Gasteiger charge is 2.08. The highest BCUT2D eigenvalue weighted by molar-refractivity contribution is 7.90. The highest BCUT2D eigenvalue weighted by Crippen LogP contribution is 2.25. The van der Waals surface area contributed by atoms with Gasteiger partial charge in [0.15, 0.2) is 0 Å². The van der Waals surface area contributed by atoms with Crippen LogP contribution in [-0.4, -0.2) is 33.1 Å². The van der Waals surface area contributed by atoms with Gasteiger partial charge >= 0.3 is 0 Å². The van der Waals surface area contributed by atoms with Gasteiger partial charge in [0.25, 0.3) is 0 Å². The third-order valence-corrected chi connectivity index (χ3v) is 4.17. The van der Waals surface area contributed by atoms with Crippen LogP contribution in [0.25, 0.3) is 0 Å². The molecule has 0 atom stereocenters. The van der Waals surface area contributed by atoms with Crippen LogP contribution in [0.4, 0.5) is 0 Å². The van der Waals surface area contributed by atoms with Crippen molar-refractivity contribution in [3.05, 3.63) is 28.8 Å². The monoisotopic (exact) mass is 313 g/mol. The topological polar surface area (TPSA) is 55.4 Å². The summed E-state index contributed by atoms with van der Waals surface area (Å²) in [5.41, 5.74) is 3.42. The number of ether oxygens (including phenoxy) is 1. The fraction of sp³-hybridized carbons (Fsp3) is 0.625. The minimum absolute atomic E-state index is 0.168. The number of rotatable bonds is 8. The van der Waals surface area contributed by atoms with E-state index in [1.54, 1.807) is 0 Å². The van der Waals surface area contributed by atoms with Crippen molar-refractivity contribution in [1.29, 1.82) is 0 Å². The maximum atomic E-state index is 11.1. The second-order valence-electron chi connectivity index (χ2n) is 5.93. The van der Waals surface area contributed by atoms with Crippen molar-refractivity contribution in [2.75, 3.05) is 18.6 Å². The zero-order valence-corrected chi connectivity index (χ0v) is 14.5. The molecule has 120 valence electrons. The largest absolute Gasteiger partial charge is 0.493 e. The predicted molar refractivity (Wildman–Crippen MR) is 87.7 cm³/mol. The Kier molecular flexibility index (Phi) is 6.68. The van der Waals surface area contributed by atoms with Gasteiger partial charge in [-0.05, 0) is 37.0 Å². The zero-order valence-electron chi connectivity index (χ0n) is 13.7. The lowest BCUT2D eigenvalue weighted by atomic mass is 10.1. The molecule has 0 saturated heterocycles. The molecule has 4 nitrogen and oxygen atoms in total. The number of aryl methyl sites for hydroxylation is 2. The molecule has 0 fully saturated rings. The Bertz CT molecular complexity index is 542. The maximum absolute atomic E-state index is 11.1. The summed E-state index contributed by atoms with van der Waals surface area (Å²) < 4.78 is 27.9. The Hall–Kier alpha value is -1.07. The molecule has 1 aromatic carbocycles. The van der Waals surface area contributed by atoms with Crippen LogP contribution in [0.2, 0.25) is 0 Å². The molecular weight excluding hydrogens is 286 g/mol. The average Bonchev–Trinajstić information content (AvgIpc) is 2.33. The molecule has 5 heteroatoms. The molecule has 1 rings (SSSR count). The molecule has 0 aromatic heterocycles. The lowest BCUT2D eigenvalue weighted by Gasteiger charge is -2.15. The van der Waals surface area contributed by atoms with E-state index in [0.29, 0.717) is 19.1 Å². The Morgan fingerprint density at radius 2 is 1.76 bits per heavy atom. The summed E-state index contributed by atoms with van der Waals surface area (Å²) in [6, 6.07) is 4.69. The van der Waals surface area contributed by atoms with Gasteiger partial charge in [0.1, 0.15) is 15.6 Å². The highest BCUT2D eigenvalue weighted by atomic mass is 32.2. The number of hydrogen-bond acceptors (Lipinski definition) is 4. The SMILES string of the molecule is Cc1cc(CNC(C)C)cc(C)c1OCCCS(C)(=O)=O. The summed E-state index contributed by atoms with van der Waals surface area (Å²) in [5, 5.41) is 3.40. The van der Waals surface area contributed by atoms with E-state index in [4.69, 9.17) is 4.74 Å². The predicted octanol–water partition coefficient (Wildman–Crippen LogP) is 2.61. The van der Waals surface area contributed by atoms with Crippen molar-refractivity contribution < 1.29 is 13.2 Å². The van der Waals surface area contributed by atoms with Crippen molar-refractivity contribution in [2.24, 2.45) is 0 Å². The second kappa shape index (κ2) is 7.80. The Balaban J connectivity index is 2.63. The van der Waals surface area contributed by atoms with E-state index in [1.807, 2.05) is 13.8 Å². The van der Waals surface area contributed by atoms with E-state index in [-0.39, 0.29) is 5.75 Å². The van der Waals surface area contributed by atoms with Gasteiger partial charge in [-0.3, -0.25) is 0 Å². The third-order valence-electron chi connectivity index (χ3n) is 3.14. The van der Waals surface area contributed by atoms with Crippen LogP contribution in [0.5, 0.6) is 5.75 Å². The van der Waals surface area contributed by atoms with Crippen molar-refractivity contribution in [3.8, 4) is 5.75 Å². The molecule has 0 heterocycles. The fourth-order valence-electron chi connectivity index (χ4n) is 2.19. The number of nitrogens with one attached hydrogen (secondary N) is 1. The molecule has 0 saturated carbocycles. The van der Waals surface area contributed by atoms with Crippen LogP contribution >= 0.6 is 0 Å². The van der Waals surface area contributed by atoms with Crippen LogP contribution in [-0.2, 0) is 16.4 Å². The van der Waals surface area contributed by atoms with Crippen molar-refractivity contribution in [1.82, 2.24) is 5.32 Å². The quantitative estimate of drug-likeness (QED) is 0.750.